The molecule has 0 radical (unpaired) electrons. The number of benzene rings is 1. The molecule has 0 fully saturated rings. The summed E-state index contributed by atoms with van der Waals surface area (Å²) in [6.07, 6.45) is 1.59. The first kappa shape index (κ1) is 12.4. The van der Waals surface area contributed by atoms with Gasteiger partial charge in [0.2, 0.25) is 0 Å². The lowest BCUT2D eigenvalue weighted by atomic mass is 10.2. The van der Waals surface area contributed by atoms with E-state index in [9.17, 15) is 0 Å². The summed E-state index contributed by atoms with van der Waals surface area (Å²) in [6, 6.07) is 10.0. The van der Waals surface area contributed by atoms with Crippen LogP contribution in [0.25, 0.3) is 0 Å². The van der Waals surface area contributed by atoms with Crippen molar-refractivity contribution in [3.8, 4) is 5.75 Å². The van der Waals surface area contributed by atoms with E-state index in [4.69, 9.17) is 4.74 Å². The molecule has 94 valence electrons. The molecule has 2 rings (SSSR count). The van der Waals surface area contributed by atoms with E-state index < -0.39 is 0 Å². The first-order chi connectivity index (χ1) is 8.69. The third-order valence-electron chi connectivity index (χ3n) is 2.76. The molecule has 18 heavy (non-hydrogen) atoms. The number of ether oxygens (including phenoxy) is 1. The Bertz CT molecular complexity index is 511. The first-order valence-corrected chi connectivity index (χ1v) is 5.82. The summed E-state index contributed by atoms with van der Waals surface area (Å²) in [5.74, 6) is 1.80. The maximum atomic E-state index is 5.14. The fourth-order valence-electron chi connectivity index (χ4n) is 1.74. The quantitative estimate of drug-likeness (QED) is 0.826. The fourth-order valence-corrected chi connectivity index (χ4v) is 1.74. The van der Waals surface area contributed by atoms with Crippen LogP contribution in [-0.2, 0) is 6.54 Å². The molecule has 0 aliphatic heterocycles. The third-order valence-corrected chi connectivity index (χ3v) is 2.76. The van der Waals surface area contributed by atoms with Crippen molar-refractivity contribution in [2.75, 3.05) is 19.1 Å². The lowest BCUT2D eigenvalue weighted by Gasteiger charge is -2.18. The second-order valence-electron chi connectivity index (χ2n) is 4.22. The SMILES string of the molecule is COc1ccc(CN(C)c2cc(C)ncn2)cc1. The Balaban J connectivity index is 2.08. The van der Waals surface area contributed by atoms with Crippen molar-refractivity contribution in [1.82, 2.24) is 9.97 Å². The molecule has 0 amide bonds. The van der Waals surface area contributed by atoms with Gasteiger partial charge >= 0.3 is 0 Å². The van der Waals surface area contributed by atoms with Crippen LogP contribution in [0.1, 0.15) is 11.3 Å². The Morgan fingerprint density at radius 2 is 1.89 bits per heavy atom. The molecule has 1 aromatic heterocycles. The maximum absolute atomic E-state index is 5.14. The number of hydrogen-bond acceptors (Lipinski definition) is 4. The normalized spacial score (nSPS) is 10.2. The second-order valence-corrected chi connectivity index (χ2v) is 4.22. The van der Waals surface area contributed by atoms with Crippen molar-refractivity contribution >= 4 is 5.82 Å². The molecule has 0 spiro atoms. The summed E-state index contributed by atoms with van der Waals surface area (Å²) >= 11 is 0. The summed E-state index contributed by atoms with van der Waals surface area (Å²) in [5.41, 5.74) is 2.19. The van der Waals surface area contributed by atoms with Crippen LogP contribution in [0.3, 0.4) is 0 Å². The minimum Gasteiger partial charge on any atom is -0.497 e. The number of aromatic nitrogens is 2. The highest BCUT2D eigenvalue weighted by molar-refractivity contribution is 5.39. The van der Waals surface area contributed by atoms with Crippen LogP contribution in [0.15, 0.2) is 36.7 Å². The molecule has 0 aliphatic carbocycles. The zero-order valence-corrected chi connectivity index (χ0v) is 10.9. The van der Waals surface area contributed by atoms with Gasteiger partial charge in [0.1, 0.15) is 17.9 Å². The van der Waals surface area contributed by atoms with Gasteiger partial charge in [0.15, 0.2) is 0 Å². The van der Waals surface area contributed by atoms with Crippen molar-refractivity contribution in [2.24, 2.45) is 0 Å². The minimum absolute atomic E-state index is 0.806. The van der Waals surface area contributed by atoms with E-state index in [0.717, 1.165) is 23.8 Å². The molecule has 4 heteroatoms. The highest BCUT2D eigenvalue weighted by Gasteiger charge is 2.04. The van der Waals surface area contributed by atoms with Crippen molar-refractivity contribution < 1.29 is 4.74 Å². The summed E-state index contributed by atoms with van der Waals surface area (Å²) in [6.45, 7) is 2.77. The molecule has 0 unspecified atom stereocenters. The van der Waals surface area contributed by atoms with E-state index in [-0.39, 0.29) is 0 Å². The molecular weight excluding hydrogens is 226 g/mol. The molecule has 0 saturated carbocycles. The van der Waals surface area contributed by atoms with E-state index in [1.807, 2.05) is 32.2 Å². The number of hydrogen-bond donors (Lipinski definition) is 0. The second kappa shape index (κ2) is 5.49. The monoisotopic (exact) mass is 243 g/mol. The lowest BCUT2D eigenvalue weighted by Crippen LogP contribution is -2.17. The summed E-state index contributed by atoms with van der Waals surface area (Å²) in [7, 11) is 3.69. The number of nitrogens with zero attached hydrogens (tertiary/aromatic N) is 3. The molecule has 0 N–H and O–H groups in total. The zero-order valence-electron chi connectivity index (χ0n) is 10.9. The van der Waals surface area contributed by atoms with E-state index in [0.29, 0.717) is 0 Å². The van der Waals surface area contributed by atoms with Gasteiger partial charge in [-0.1, -0.05) is 12.1 Å². The fraction of sp³-hybridized carbons (Fsp3) is 0.286. The average molecular weight is 243 g/mol. The predicted molar refractivity (Wildman–Crippen MR) is 71.9 cm³/mol. The van der Waals surface area contributed by atoms with Gasteiger partial charge in [0, 0.05) is 25.4 Å². The standard InChI is InChI=1S/C14H17N3O/c1-11-8-14(16-10-15-11)17(2)9-12-4-6-13(18-3)7-5-12/h4-8,10H,9H2,1-3H3. The van der Waals surface area contributed by atoms with Gasteiger partial charge in [-0.3, -0.25) is 0 Å². The van der Waals surface area contributed by atoms with E-state index in [2.05, 4.69) is 27.0 Å². The zero-order chi connectivity index (χ0) is 13.0. The average Bonchev–Trinajstić information content (AvgIpc) is 2.39. The Hall–Kier alpha value is -2.10. The molecule has 0 bridgehead atoms. The first-order valence-electron chi connectivity index (χ1n) is 5.82. The van der Waals surface area contributed by atoms with Crippen molar-refractivity contribution in [2.45, 2.75) is 13.5 Å². The molecule has 1 heterocycles. The number of anilines is 1. The summed E-state index contributed by atoms with van der Waals surface area (Å²) in [4.78, 5) is 10.5. The third kappa shape index (κ3) is 2.97. The van der Waals surface area contributed by atoms with Gasteiger partial charge in [-0.05, 0) is 24.6 Å². The highest BCUT2D eigenvalue weighted by atomic mass is 16.5. The molecular formula is C14H17N3O. The van der Waals surface area contributed by atoms with E-state index in [1.54, 1.807) is 13.4 Å². The van der Waals surface area contributed by atoms with Gasteiger partial charge in [0.25, 0.3) is 0 Å². The van der Waals surface area contributed by atoms with Crippen LogP contribution in [-0.4, -0.2) is 24.1 Å². The summed E-state index contributed by atoms with van der Waals surface area (Å²) < 4.78 is 5.14. The Morgan fingerprint density at radius 3 is 2.50 bits per heavy atom. The van der Waals surface area contributed by atoms with Crippen LogP contribution in [0, 0.1) is 6.92 Å². The van der Waals surface area contributed by atoms with E-state index in [1.165, 1.54) is 5.56 Å². The summed E-state index contributed by atoms with van der Waals surface area (Å²) in [5, 5.41) is 0. The number of methoxy groups -OCH3 is 1. The van der Waals surface area contributed by atoms with Crippen LogP contribution >= 0.6 is 0 Å². The van der Waals surface area contributed by atoms with Crippen LogP contribution in [0.4, 0.5) is 5.82 Å². The smallest absolute Gasteiger partial charge is 0.132 e. The minimum atomic E-state index is 0.806. The lowest BCUT2D eigenvalue weighted by molar-refractivity contribution is 0.414. The molecule has 0 aliphatic rings. The molecule has 1 aromatic carbocycles. The van der Waals surface area contributed by atoms with Crippen LogP contribution in [0.5, 0.6) is 5.75 Å². The van der Waals surface area contributed by atoms with Gasteiger partial charge in [-0.2, -0.15) is 0 Å². The molecule has 2 aromatic rings. The number of aryl methyl sites for hydroxylation is 1. The number of rotatable bonds is 4. The van der Waals surface area contributed by atoms with Crippen LogP contribution in [0.2, 0.25) is 0 Å². The van der Waals surface area contributed by atoms with Gasteiger partial charge in [-0.15, -0.1) is 0 Å². The highest BCUT2D eigenvalue weighted by Crippen LogP contribution is 2.15. The van der Waals surface area contributed by atoms with E-state index >= 15 is 0 Å². The predicted octanol–water partition coefficient (Wildman–Crippen LogP) is 2.43. The van der Waals surface area contributed by atoms with Crippen LogP contribution < -0.4 is 9.64 Å². The van der Waals surface area contributed by atoms with Gasteiger partial charge in [-0.25, -0.2) is 9.97 Å². The Kier molecular flexibility index (Phi) is 3.77. The maximum Gasteiger partial charge on any atom is 0.132 e. The Labute approximate surface area is 107 Å². The van der Waals surface area contributed by atoms with Gasteiger partial charge in [0.05, 0.1) is 7.11 Å². The molecule has 4 nitrogen and oxygen atoms in total. The van der Waals surface area contributed by atoms with Gasteiger partial charge < -0.3 is 9.64 Å². The molecule has 0 atom stereocenters. The van der Waals surface area contributed by atoms with Crippen molar-refractivity contribution in [3.63, 3.8) is 0 Å². The topological polar surface area (TPSA) is 38.2 Å². The Morgan fingerprint density at radius 1 is 1.17 bits per heavy atom. The van der Waals surface area contributed by atoms with Crippen molar-refractivity contribution in [3.05, 3.63) is 47.9 Å². The largest absolute Gasteiger partial charge is 0.497 e. The molecule has 0 saturated heterocycles. The van der Waals surface area contributed by atoms with Crippen molar-refractivity contribution in [1.29, 1.82) is 0 Å².